The molecule has 0 saturated carbocycles. The number of carboxylic acids is 1. The van der Waals surface area contributed by atoms with Crippen LogP contribution in [0.25, 0.3) is 22.3 Å². The number of H-pyrrole nitrogens is 2. The molecule has 4 fully saturated rings. The summed E-state index contributed by atoms with van der Waals surface area (Å²) in [6.45, 7) is 21.2. The van der Waals surface area contributed by atoms with Gasteiger partial charge in [0.25, 0.3) is 11.8 Å². The van der Waals surface area contributed by atoms with Crippen molar-refractivity contribution < 1.29 is 60.2 Å². The van der Waals surface area contributed by atoms with Crippen LogP contribution in [0, 0.1) is 0 Å². The van der Waals surface area contributed by atoms with Crippen LogP contribution in [-0.4, -0.2) is 207 Å². The summed E-state index contributed by atoms with van der Waals surface area (Å²) < 4.78 is 87.5. The zero-order valence-corrected chi connectivity index (χ0v) is 62.7. The van der Waals surface area contributed by atoms with Crippen LogP contribution < -0.4 is 47.9 Å². The summed E-state index contributed by atoms with van der Waals surface area (Å²) in [6, 6.07) is 28.5. The number of benzene rings is 4. The monoisotopic (exact) mass is 1510 g/mol. The average Bonchev–Trinajstić information content (AvgIpc) is 0.797. The van der Waals surface area contributed by atoms with Crippen molar-refractivity contribution in [3.05, 3.63) is 164 Å². The van der Waals surface area contributed by atoms with Crippen molar-refractivity contribution in [3.63, 3.8) is 0 Å². The van der Waals surface area contributed by atoms with Gasteiger partial charge < -0.3 is 71.3 Å². The van der Waals surface area contributed by atoms with Crippen LogP contribution >= 0.6 is 0 Å². The predicted octanol–water partition coefficient (Wildman–Crippen LogP) is 11.4. The second-order valence-electron chi connectivity index (χ2n) is 28.9. The molecule has 10 rings (SSSR count). The molecule has 108 heavy (non-hydrogen) atoms. The van der Waals surface area contributed by atoms with E-state index in [0.29, 0.717) is 88.0 Å². The van der Waals surface area contributed by atoms with Crippen LogP contribution in [0.1, 0.15) is 141 Å². The SMILES string of the molecule is CC(C)(C)OC(=O)NCCCCCCCC(=O)O.CN1CCN(c2ccc(-c3cccc(CN4CCN(C(=O)CCCCCCCN)CC4)c3)cc2NC(=O)c2c[nH]c(=O)cc2C(F)(F)F)CC1.CN1CCN(c2ccc(-c3cccc(CN4CCNCC4)c3)cc2NC(=O)c2c[nH]c(=O)cc2C(F)(F)F)CC1. The maximum absolute atomic E-state index is 13.8. The number of piperazine rings is 4. The number of amides is 4. The van der Waals surface area contributed by atoms with Crippen LogP contribution in [0.4, 0.5) is 53.9 Å². The number of rotatable bonds is 27. The molecule has 4 aromatic carbocycles. The third-order valence-electron chi connectivity index (χ3n) is 19.2. The maximum atomic E-state index is 13.8. The number of nitrogens with two attached hydrogens (primary N) is 1. The minimum absolute atomic E-state index is 0.226. The van der Waals surface area contributed by atoms with Gasteiger partial charge in [-0.15, -0.1) is 0 Å². The summed E-state index contributed by atoms with van der Waals surface area (Å²) in [4.78, 5) is 104. The molecule has 588 valence electrons. The summed E-state index contributed by atoms with van der Waals surface area (Å²) in [5.74, 6) is -2.41. The average molecular weight is 1510 g/mol. The van der Waals surface area contributed by atoms with Crippen molar-refractivity contribution >= 4 is 52.5 Å². The van der Waals surface area contributed by atoms with E-state index < -0.39 is 69.1 Å². The first-order valence-electron chi connectivity index (χ1n) is 37.4. The molecular weight excluding hydrogens is 1400 g/mol. The molecule has 29 heteroatoms. The number of aliphatic carboxylic acids is 1. The van der Waals surface area contributed by atoms with Crippen LogP contribution in [0.5, 0.6) is 0 Å². The topological polar surface area (TPSA) is 277 Å². The second-order valence-corrected chi connectivity index (χ2v) is 28.9. The first-order chi connectivity index (χ1) is 51.5. The highest BCUT2D eigenvalue weighted by Crippen LogP contribution is 2.38. The van der Waals surface area contributed by atoms with Gasteiger partial charge >= 0.3 is 24.4 Å². The summed E-state index contributed by atoms with van der Waals surface area (Å²) in [7, 11) is 4.06. The van der Waals surface area contributed by atoms with Gasteiger partial charge in [0.05, 0.1) is 45.0 Å². The largest absolute Gasteiger partial charge is 0.481 e. The van der Waals surface area contributed by atoms with Gasteiger partial charge in [-0.1, -0.05) is 87.1 Å². The molecule has 0 aliphatic carbocycles. The Bertz CT molecular complexity index is 4040. The standard InChI is InChI=1S/C37H48F3N7O3.C29H33F3N6O2.C13H25NO4/c1-44-14-18-46(19-15-44)33-12-11-29(23-32(33)43-36(50)30-25-42-34(48)24-31(30)37(38,39)40)28-9-7-8-27(22-28)26-45-16-20-47(21-17-45)35(49)10-5-3-2-4-6-13-41;1-36-11-13-38(14-12-36)26-6-5-22(21-4-2-3-20(15-21)19-37-9-7-33-8-10-37)16-25(26)35-28(40)23-18-34-27(39)17-24(23)29(30,31)32;1-13(2,3)18-12(17)14-10-8-6-4-5-7-9-11(15)16/h7-9,11-12,22-25H,2-6,10,13-21,26,41H2,1H3,(H,42,48)(H,43,50);2-6,15-18,33H,7-14,19H2,1H3,(H,34,39)(H,35,40);4-10H2,1-3H3,(H,14,17)(H,15,16). The van der Waals surface area contributed by atoms with Crippen molar-refractivity contribution in [1.82, 2.24) is 45.1 Å². The number of nitrogens with one attached hydrogen (secondary N) is 6. The third kappa shape index (κ3) is 27.2. The van der Waals surface area contributed by atoms with Gasteiger partial charge in [0.1, 0.15) is 5.60 Å². The van der Waals surface area contributed by atoms with Gasteiger partial charge in [-0.2, -0.15) is 26.3 Å². The molecule has 0 atom stereocenters. The van der Waals surface area contributed by atoms with E-state index in [4.69, 9.17) is 15.6 Å². The Kier molecular flexibility index (Phi) is 32.0. The van der Waals surface area contributed by atoms with E-state index in [2.05, 4.69) is 84.9 Å². The number of hydrogen-bond donors (Lipinski definition) is 8. The molecule has 9 N–H and O–H groups in total. The van der Waals surface area contributed by atoms with E-state index in [9.17, 15) is 59.9 Å². The van der Waals surface area contributed by atoms with Crippen molar-refractivity contribution in [1.29, 1.82) is 0 Å². The van der Waals surface area contributed by atoms with Crippen molar-refractivity contribution in [2.24, 2.45) is 5.73 Å². The number of carbonyl (C=O) groups is 5. The molecule has 4 aliphatic rings. The smallest absolute Gasteiger partial charge is 0.417 e. The van der Waals surface area contributed by atoms with E-state index >= 15 is 0 Å². The zero-order chi connectivity index (χ0) is 78.0. The summed E-state index contributed by atoms with van der Waals surface area (Å²) >= 11 is 0. The molecule has 0 radical (unpaired) electrons. The summed E-state index contributed by atoms with van der Waals surface area (Å²) in [5, 5.41) is 20.0. The lowest BCUT2D eigenvalue weighted by Gasteiger charge is -2.35. The number of aromatic amines is 2. The number of unbranched alkanes of at least 4 members (excludes halogenated alkanes) is 8. The first-order valence-corrected chi connectivity index (χ1v) is 37.4. The number of hydrogen-bond acceptors (Lipinski definition) is 16. The Morgan fingerprint density at radius 3 is 1.38 bits per heavy atom. The lowest BCUT2D eigenvalue weighted by atomic mass is 10.0. The maximum Gasteiger partial charge on any atom is 0.417 e. The van der Waals surface area contributed by atoms with Gasteiger partial charge in [-0.05, 0) is 137 Å². The second kappa shape index (κ2) is 40.9. The van der Waals surface area contributed by atoms with Crippen molar-refractivity contribution in [3.8, 4) is 22.3 Å². The summed E-state index contributed by atoms with van der Waals surface area (Å²) in [6.07, 6.45) is 2.16. The van der Waals surface area contributed by atoms with E-state index in [0.717, 1.165) is 194 Å². The van der Waals surface area contributed by atoms with Gasteiger partial charge in [-0.3, -0.25) is 38.6 Å². The van der Waals surface area contributed by atoms with Crippen molar-refractivity contribution in [2.45, 2.75) is 129 Å². The number of nitrogens with zero attached hydrogens (tertiary/aromatic N) is 7. The molecule has 4 amide bonds. The van der Waals surface area contributed by atoms with E-state index in [-0.39, 0.29) is 18.4 Å². The minimum Gasteiger partial charge on any atom is -0.481 e. The normalized spacial score (nSPS) is 15.6. The Hall–Kier alpha value is -9.13. The number of pyridine rings is 2. The quantitative estimate of drug-likeness (QED) is 0.0176. The molecule has 4 saturated heterocycles. The third-order valence-corrected chi connectivity index (χ3v) is 19.2. The van der Waals surface area contributed by atoms with Gasteiger partial charge in [0.2, 0.25) is 17.0 Å². The van der Waals surface area contributed by atoms with E-state index in [1.807, 2.05) is 94.4 Å². The Balaban J connectivity index is 0.000000226. The van der Waals surface area contributed by atoms with Gasteiger partial charge in [0.15, 0.2) is 0 Å². The molecule has 4 aliphatic heterocycles. The molecule has 0 unspecified atom stereocenters. The highest BCUT2D eigenvalue weighted by Gasteiger charge is 2.38. The molecule has 2 aromatic heterocycles. The minimum atomic E-state index is -4.88. The molecule has 6 heterocycles. The Morgan fingerprint density at radius 2 is 0.935 bits per heavy atom. The number of aromatic nitrogens is 2. The number of alkyl halides is 6. The Morgan fingerprint density at radius 1 is 0.509 bits per heavy atom. The number of carbonyl (C=O) groups excluding carboxylic acids is 4. The van der Waals surface area contributed by atoms with Crippen LogP contribution in [0.15, 0.2) is 119 Å². The molecule has 6 aromatic rings. The van der Waals surface area contributed by atoms with E-state index in [1.165, 1.54) is 0 Å². The molecular formula is C79H106F6N14O9. The van der Waals surface area contributed by atoms with E-state index in [1.54, 1.807) is 6.07 Å². The van der Waals surface area contributed by atoms with Crippen LogP contribution in [0.3, 0.4) is 0 Å². The number of halogens is 6. The van der Waals surface area contributed by atoms with Crippen LogP contribution in [-0.2, 0) is 39.8 Å². The fourth-order valence-corrected chi connectivity index (χ4v) is 13.2. The highest BCUT2D eigenvalue weighted by molar-refractivity contribution is 6.08. The predicted molar refractivity (Wildman–Crippen MR) is 410 cm³/mol. The lowest BCUT2D eigenvalue weighted by molar-refractivity contribution is -0.138. The Labute approximate surface area is 627 Å². The molecule has 23 nitrogen and oxygen atoms in total. The van der Waals surface area contributed by atoms with Crippen LogP contribution in [0.2, 0.25) is 0 Å². The number of likely N-dealkylation sites (N-methyl/N-ethyl adjacent to an activating group) is 2. The summed E-state index contributed by atoms with van der Waals surface area (Å²) in [5.41, 5.74) is 7.38. The lowest BCUT2D eigenvalue weighted by Crippen LogP contribution is -2.48. The zero-order valence-electron chi connectivity index (χ0n) is 62.7. The number of ether oxygens (including phenoxy) is 1. The number of carboxylic acid groups (broad SMARTS) is 1. The van der Waals surface area contributed by atoms with Gasteiger partial charge in [0, 0.05) is 162 Å². The number of anilines is 4. The molecule has 0 spiro atoms. The number of alkyl carbamates (subject to hydrolysis) is 1. The first kappa shape index (κ1) is 84.5. The van der Waals surface area contributed by atoms with Crippen molar-refractivity contribution in [2.75, 3.05) is 152 Å². The van der Waals surface area contributed by atoms with Gasteiger partial charge in [-0.25, -0.2) is 4.79 Å². The molecule has 0 bridgehead atoms. The highest BCUT2D eigenvalue weighted by atomic mass is 19.4. The fourth-order valence-electron chi connectivity index (χ4n) is 13.2. The fraction of sp³-hybridized carbons (Fsp3) is 0.506.